The number of benzene rings is 3. The van der Waals surface area contributed by atoms with Crippen LogP contribution < -0.4 is 11.1 Å². The van der Waals surface area contributed by atoms with Gasteiger partial charge in [0, 0.05) is 29.4 Å². The van der Waals surface area contributed by atoms with Gasteiger partial charge < -0.3 is 11.1 Å². The zero-order valence-electron chi connectivity index (χ0n) is 19.5. The Morgan fingerprint density at radius 2 is 1.69 bits per heavy atom. The second-order valence-electron chi connectivity index (χ2n) is 7.92. The van der Waals surface area contributed by atoms with Crippen LogP contribution in [0.4, 0.5) is 10.1 Å². The molecule has 1 heterocycles. The molecule has 0 radical (unpaired) electrons. The maximum absolute atomic E-state index is 14.9. The highest BCUT2D eigenvalue weighted by molar-refractivity contribution is 6.16. The molecule has 0 aliphatic rings. The van der Waals surface area contributed by atoms with E-state index in [0.717, 1.165) is 21.4 Å². The van der Waals surface area contributed by atoms with Crippen LogP contribution in [0.3, 0.4) is 0 Å². The molecule has 6 nitrogen and oxygen atoms in total. The Labute approximate surface area is 202 Å². The number of amides is 2. The summed E-state index contributed by atoms with van der Waals surface area (Å²) in [6, 6.07) is 19.5. The number of aryl methyl sites for hydroxylation is 2. The first-order valence-corrected chi connectivity index (χ1v) is 10.9. The fourth-order valence-corrected chi connectivity index (χ4v) is 4.05. The summed E-state index contributed by atoms with van der Waals surface area (Å²) in [7, 11) is 1.47. The number of nitrogens with two attached hydrogens (primary N) is 1. The second-order valence-corrected chi connectivity index (χ2v) is 7.92. The molecule has 0 bridgehead atoms. The molecule has 0 saturated carbocycles. The fourth-order valence-electron chi connectivity index (χ4n) is 4.05. The number of nitrogens with one attached hydrogen (secondary N) is 1. The molecule has 4 rings (SSSR count). The largest absolute Gasteiger partial charge is 0.366 e. The van der Waals surface area contributed by atoms with Gasteiger partial charge in [0.1, 0.15) is 0 Å². The lowest BCUT2D eigenvalue weighted by Crippen LogP contribution is -2.22. The van der Waals surface area contributed by atoms with E-state index in [2.05, 4.69) is 22.3 Å². The highest BCUT2D eigenvalue weighted by Crippen LogP contribution is 2.33. The minimum absolute atomic E-state index is 0.0115. The highest BCUT2D eigenvalue weighted by Gasteiger charge is 2.26. The van der Waals surface area contributed by atoms with Crippen molar-refractivity contribution in [3.63, 3.8) is 0 Å². The zero-order chi connectivity index (χ0) is 25.1. The van der Waals surface area contributed by atoms with Crippen LogP contribution in [0.25, 0.3) is 22.3 Å². The quantitative estimate of drug-likeness (QED) is 0.409. The number of carbonyl (C=O) groups is 2. The van der Waals surface area contributed by atoms with Gasteiger partial charge in [-0.05, 0) is 43.7 Å². The van der Waals surface area contributed by atoms with Gasteiger partial charge in [-0.3, -0.25) is 9.59 Å². The molecule has 2 amide bonds. The molecule has 4 aromatic rings. The van der Waals surface area contributed by atoms with Crippen molar-refractivity contribution in [3.05, 3.63) is 95.1 Å². The van der Waals surface area contributed by atoms with Crippen molar-refractivity contribution in [3.8, 4) is 34.1 Å². The van der Waals surface area contributed by atoms with E-state index in [1.165, 1.54) is 13.1 Å². The van der Waals surface area contributed by atoms with Crippen LogP contribution in [0.2, 0.25) is 0 Å². The minimum Gasteiger partial charge on any atom is -0.366 e. The molecule has 0 spiro atoms. The molecule has 0 aliphatic carbocycles. The van der Waals surface area contributed by atoms with Gasteiger partial charge in [0.05, 0.1) is 22.4 Å². The van der Waals surface area contributed by atoms with E-state index < -0.39 is 17.8 Å². The van der Waals surface area contributed by atoms with Crippen LogP contribution in [-0.2, 0) is 7.05 Å². The molecule has 3 aromatic carbocycles. The molecule has 7 heteroatoms. The zero-order valence-corrected chi connectivity index (χ0v) is 19.5. The van der Waals surface area contributed by atoms with Gasteiger partial charge in [-0.15, -0.1) is 5.92 Å². The van der Waals surface area contributed by atoms with Crippen molar-refractivity contribution in [2.45, 2.75) is 13.8 Å². The SMILES string of the molecule is CC#Cc1ccc(-c2ccccc2NC(=O)c2c(C(N)=O)cccc2-c2c(C)nn(C)c2F)cc1. The van der Waals surface area contributed by atoms with Crippen molar-refractivity contribution in [2.24, 2.45) is 12.8 Å². The van der Waals surface area contributed by atoms with Gasteiger partial charge in [-0.25, -0.2) is 4.68 Å². The molecule has 0 saturated heterocycles. The van der Waals surface area contributed by atoms with Crippen molar-refractivity contribution < 1.29 is 14.0 Å². The van der Waals surface area contributed by atoms with Gasteiger partial charge in [0.2, 0.25) is 11.9 Å². The van der Waals surface area contributed by atoms with Crippen LogP contribution >= 0.6 is 0 Å². The first-order chi connectivity index (χ1) is 16.8. The van der Waals surface area contributed by atoms with Gasteiger partial charge in [-0.1, -0.05) is 48.4 Å². The predicted octanol–water partition coefficient (Wildman–Crippen LogP) is 4.92. The normalized spacial score (nSPS) is 10.4. The number of para-hydroxylation sites is 1. The van der Waals surface area contributed by atoms with Crippen molar-refractivity contribution in [1.82, 2.24) is 9.78 Å². The van der Waals surface area contributed by atoms with Gasteiger partial charge in [0.15, 0.2) is 0 Å². The fraction of sp³-hybridized carbons (Fsp3) is 0.107. The number of nitrogens with zero attached hydrogens (tertiary/aromatic N) is 2. The third-order valence-electron chi connectivity index (χ3n) is 5.62. The Balaban J connectivity index is 1.80. The first-order valence-electron chi connectivity index (χ1n) is 10.9. The standard InChI is InChI=1S/C28H23FN4O2/c1-4-8-18-13-15-19(16-14-18)20-9-5-6-12-23(20)31-28(35)25-21(10-7-11-22(25)27(30)34)24-17(2)32-33(3)26(24)29/h5-7,9-16H,1-3H3,(H2,30,34)(H,31,35). The molecular formula is C28H23FN4O2. The third-order valence-corrected chi connectivity index (χ3v) is 5.62. The number of aromatic nitrogens is 2. The Bertz CT molecular complexity index is 1510. The lowest BCUT2D eigenvalue weighted by atomic mass is 9.94. The van der Waals surface area contributed by atoms with Crippen LogP contribution in [0.15, 0.2) is 66.7 Å². The summed E-state index contributed by atoms with van der Waals surface area (Å²) in [5.74, 6) is 3.87. The van der Waals surface area contributed by atoms with Crippen LogP contribution in [0.5, 0.6) is 0 Å². The summed E-state index contributed by atoms with van der Waals surface area (Å²) in [6.07, 6.45) is 0. The third kappa shape index (κ3) is 4.55. The van der Waals surface area contributed by atoms with Crippen LogP contribution in [-0.4, -0.2) is 21.6 Å². The van der Waals surface area contributed by atoms with Gasteiger partial charge >= 0.3 is 0 Å². The van der Waals surface area contributed by atoms with E-state index in [4.69, 9.17) is 5.73 Å². The molecule has 35 heavy (non-hydrogen) atoms. The van der Waals surface area contributed by atoms with E-state index in [9.17, 15) is 14.0 Å². The lowest BCUT2D eigenvalue weighted by molar-refractivity contribution is 0.0977. The Morgan fingerprint density at radius 1 is 1.00 bits per heavy atom. The highest BCUT2D eigenvalue weighted by atomic mass is 19.1. The Kier molecular flexibility index (Phi) is 6.47. The van der Waals surface area contributed by atoms with E-state index in [-0.39, 0.29) is 22.3 Å². The molecule has 0 fully saturated rings. The number of hydrogen-bond donors (Lipinski definition) is 2. The summed E-state index contributed by atoms with van der Waals surface area (Å²) in [4.78, 5) is 25.8. The topological polar surface area (TPSA) is 90.0 Å². The van der Waals surface area contributed by atoms with E-state index in [1.807, 2.05) is 36.4 Å². The molecule has 0 unspecified atom stereocenters. The smallest absolute Gasteiger partial charge is 0.257 e. The first kappa shape index (κ1) is 23.5. The van der Waals surface area contributed by atoms with Gasteiger partial charge in [0.25, 0.3) is 5.91 Å². The van der Waals surface area contributed by atoms with Crippen molar-refractivity contribution >= 4 is 17.5 Å². The summed E-state index contributed by atoms with van der Waals surface area (Å²) in [5.41, 5.74) is 9.39. The average molecular weight is 467 g/mol. The molecular weight excluding hydrogens is 443 g/mol. The van der Waals surface area contributed by atoms with E-state index in [1.54, 1.807) is 38.1 Å². The molecule has 1 aromatic heterocycles. The maximum Gasteiger partial charge on any atom is 0.257 e. The number of hydrogen-bond acceptors (Lipinski definition) is 3. The molecule has 0 atom stereocenters. The minimum atomic E-state index is -0.792. The molecule has 0 aliphatic heterocycles. The number of carbonyl (C=O) groups excluding carboxylic acids is 2. The Hall–Kier alpha value is -4.70. The van der Waals surface area contributed by atoms with Crippen molar-refractivity contribution in [2.75, 3.05) is 5.32 Å². The van der Waals surface area contributed by atoms with Crippen LogP contribution in [0, 0.1) is 24.7 Å². The number of rotatable bonds is 5. The summed E-state index contributed by atoms with van der Waals surface area (Å²) in [6.45, 7) is 3.41. The summed E-state index contributed by atoms with van der Waals surface area (Å²) < 4.78 is 16.0. The van der Waals surface area contributed by atoms with E-state index >= 15 is 0 Å². The maximum atomic E-state index is 14.9. The average Bonchev–Trinajstić information content (AvgIpc) is 3.10. The lowest BCUT2D eigenvalue weighted by Gasteiger charge is -2.16. The van der Waals surface area contributed by atoms with Crippen LogP contribution in [0.1, 0.15) is 38.9 Å². The second kappa shape index (κ2) is 9.65. The monoisotopic (exact) mass is 466 g/mol. The summed E-state index contributed by atoms with van der Waals surface area (Å²) in [5, 5.41) is 7.00. The number of halogens is 1. The molecule has 3 N–H and O–H groups in total. The van der Waals surface area contributed by atoms with Gasteiger partial charge in [-0.2, -0.15) is 9.49 Å². The van der Waals surface area contributed by atoms with E-state index in [0.29, 0.717) is 11.4 Å². The number of primary amides is 1. The predicted molar refractivity (Wildman–Crippen MR) is 134 cm³/mol. The van der Waals surface area contributed by atoms with Crippen molar-refractivity contribution in [1.29, 1.82) is 0 Å². The molecule has 174 valence electrons. The summed E-state index contributed by atoms with van der Waals surface area (Å²) >= 11 is 0. The number of anilines is 1. The Morgan fingerprint density at radius 3 is 2.31 bits per heavy atom.